The van der Waals surface area contributed by atoms with Gasteiger partial charge in [0.15, 0.2) is 0 Å². The van der Waals surface area contributed by atoms with Crippen molar-refractivity contribution in [3.05, 3.63) is 17.6 Å². The Bertz CT molecular complexity index is 475. The Morgan fingerprint density at radius 3 is 2.90 bits per heavy atom. The molecule has 110 valence electrons. The highest BCUT2D eigenvalue weighted by atomic mass is 16.2. The van der Waals surface area contributed by atoms with E-state index in [9.17, 15) is 4.79 Å². The second-order valence-corrected chi connectivity index (χ2v) is 5.47. The number of hydrogen-bond acceptors (Lipinski definition) is 4. The monoisotopic (exact) mass is 276 g/mol. The summed E-state index contributed by atoms with van der Waals surface area (Å²) in [6.45, 7) is 8.37. The van der Waals surface area contributed by atoms with Crippen molar-refractivity contribution in [3.63, 3.8) is 0 Å². The molecule has 1 saturated heterocycles. The molecule has 1 N–H and O–H groups in total. The van der Waals surface area contributed by atoms with Crippen molar-refractivity contribution in [2.45, 2.75) is 46.6 Å². The molecule has 1 atom stereocenters. The van der Waals surface area contributed by atoms with Crippen LogP contribution in [0, 0.1) is 12.8 Å². The number of carbonyl (C=O) groups is 1. The minimum atomic E-state index is 0.235. The lowest BCUT2D eigenvalue weighted by atomic mass is 10.0. The van der Waals surface area contributed by atoms with Gasteiger partial charge in [0.2, 0.25) is 5.91 Å². The van der Waals surface area contributed by atoms with Crippen molar-refractivity contribution in [2.75, 3.05) is 18.4 Å². The molecule has 1 fully saturated rings. The van der Waals surface area contributed by atoms with Crippen molar-refractivity contribution in [3.8, 4) is 0 Å². The van der Waals surface area contributed by atoms with Gasteiger partial charge < -0.3 is 10.2 Å². The number of anilines is 1. The van der Waals surface area contributed by atoms with Crippen LogP contribution >= 0.6 is 0 Å². The maximum absolute atomic E-state index is 12.0. The first-order valence-corrected chi connectivity index (χ1v) is 7.48. The van der Waals surface area contributed by atoms with Gasteiger partial charge in [0.25, 0.3) is 0 Å². The van der Waals surface area contributed by atoms with Crippen molar-refractivity contribution >= 4 is 11.7 Å². The van der Waals surface area contributed by atoms with E-state index in [0.29, 0.717) is 18.9 Å². The van der Waals surface area contributed by atoms with Gasteiger partial charge in [-0.05, 0) is 26.2 Å². The third-order valence-electron chi connectivity index (χ3n) is 3.58. The smallest absolute Gasteiger partial charge is 0.223 e. The summed E-state index contributed by atoms with van der Waals surface area (Å²) in [7, 11) is 0. The van der Waals surface area contributed by atoms with Gasteiger partial charge in [-0.15, -0.1) is 0 Å². The zero-order valence-corrected chi connectivity index (χ0v) is 12.6. The topological polar surface area (TPSA) is 58.1 Å². The largest absolute Gasteiger partial charge is 0.370 e. The third-order valence-corrected chi connectivity index (χ3v) is 3.58. The molecule has 5 heteroatoms. The second-order valence-electron chi connectivity index (χ2n) is 5.47. The molecule has 1 unspecified atom stereocenters. The van der Waals surface area contributed by atoms with Gasteiger partial charge in [0.1, 0.15) is 11.6 Å². The van der Waals surface area contributed by atoms with Gasteiger partial charge >= 0.3 is 0 Å². The van der Waals surface area contributed by atoms with E-state index in [1.165, 1.54) is 0 Å². The first-order chi connectivity index (χ1) is 9.62. The Morgan fingerprint density at radius 1 is 1.40 bits per heavy atom. The number of likely N-dealkylation sites (tertiary alicyclic amines) is 1. The highest BCUT2D eigenvalue weighted by Crippen LogP contribution is 2.23. The van der Waals surface area contributed by atoms with E-state index in [2.05, 4.69) is 22.2 Å². The molecule has 1 aromatic heterocycles. The van der Waals surface area contributed by atoms with Gasteiger partial charge in [-0.3, -0.25) is 4.79 Å². The fraction of sp³-hybridized carbons (Fsp3) is 0.667. The van der Waals surface area contributed by atoms with E-state index in [1.807, 2.05) is 24.8 Å². The fourth-order valence-electron chi connectivity index (χ4n) is 2.75. The van der Waals surface area contributed by atoms with Gasteiger partial charge in [-0.2, -0.15) is 0 Å². The summed E-state index contributed by atoms with van der Waals surface area (Å²) in [5.41, 5.74) is 0.933. The average molecular weight is 276 g/mol. The highest BCUT2D eigenvalue weighted by molar-refractivity contribution is 5.78. The quantitative estimate of drug-likeness (QED) is 0.866. The lowest BCUT2D eigenvalue weighted by Gasteiger charge is -2.16. The van der Waals surface area contributed by atoms with Crippen LogP contribution in [0.1, 0.15) is 44.6 Å². The number of rotatable bonds is 6. The van der Waals surface area contributed by atoms with Crippen LogP contribution in [-0.2, 0) is 11.3 Å². The molecule has 0 radical (unpaired) electrons. The molecule has 5 nitrogen and oxygen atoms in total. The summed E-state index contributed by atoms with van der Waals surface area (Å²) in [5.74, 6) is 2.31. The van der Waals surface area contributed by atoms with Crippen molar-refractivity contribution in [1.82, 2.24) is 14.9 Å². The van der Waals surface area contributed by atoms with Crippen molar-refractivity contribution < 1.29 is 4.79 Å². The Balaban J connectivity index is 2.04. The average Bonchev–Trinajstić information content (AvgIpc) is 2.70. The lowest BCUT2D eigenvalue weighted by Crippen LogP contribution is -2.26. The molecule has 1 aromatic rings. The Labute approximate surface area is 120 Å². The number of hydrogen-bond donors (Lipinski definition) is 1. The summed E-state index contributed by atoms with van der Waals surface area (Å²) in [6.07, 6.45) is 2.94. The molecular formula is C15H24N4O. The predicted molar refractivity (Wildman–Crippen MR) is 79.4 cm³/mol. The number of nitrogens with zero attached hydrogens (tertiary/aromatic N) is 3. The molecule has 0 aliphatic carbocycles. The van der Waals surface area contributed by atoms with Crippen LogP contribution in [0.15, 0.2) is 6.07 Å². The first-order valence-electron chi connectivity index (χ1n) is 7.48. The fourth-order valence-corrected chi connectivity index (χ4v) is 2.75. The maximum atomic E-state index is 12.0. The number of aromatic nitrogens is 2. The molecule has 2 heterocycles. The summed E-state index contributed by atoms with van der Waals surface area (Å²) < 4.78 is 0. The molecule has 1 aliphatic rings. The Morgan fingerprint density at radius 2 is 2.20 bits per heavy atom. The molecule has 0 spiro atoms. The van der Waals surface area contributed by atoms with E-state index < -0.39 is 0 Å². The molecule has 1 amide bonds. The van der Waals surface area contributed by atoms with E-state index in [4.69, 9.17) is 0 Å². The molecule has 0 bridgehead atoms. The van der Waals surface area contributed by atoms with Gasteiger partial charge in [-0.25, -0.2) is 9.97 Å². The van der Waals surface area contributed by atoms with E-state index >= 15 is 0 Å². The van der Waals surface area contributed by atoms with E-state index in [-0.39, 0.29) is 5.91 Å². The second kappa shape index (κ2) is 6.68. The summed E-state index contributed by atoms with van der Waals surface area (Å²) in [4.78, 5) is 22.8. The van der Waals surface area contributed by atoms with E-state index in [0.717, 1.165) is 43.3 Å². The summed E-state index contributed by atoms with van der Waals surface area (Å²) in [5, 5.41) is 3.20. The van der Waals surface area contributed by atoms with Crippen LogP contribution in [0.3, 0.4) is 0 Å². The van der Waals surface area contributed by atoms with E-state index in [1.54, 1.807) is 0 Å². The van der Waals surface area contributed by atoms with Crippen LogP contribution in [0.4, 0.5) is 5.82 Å². The Kier molecular flexibility index (Phi) is 4.93. The summed E-state index contributed by atoms with van der Waals surface area (Å²) >= 11 is 0. The molecule has 20 heavy (non-hydrogen) atoms. The number of carbonyl (C=O) groups excluding carboxylic acids is 1. The van der Waals surface area contributed by atoms with Crippen LogP contribution in [0.5, 0.6) is 0 Å². The lowest BCUT2D eigenvalue weighted by molar-refractivity contribution is -0.128. The third kappa shape index (κ3) is 3.68. The molecule has 1 aliphatic heterocycles. The Hall–Kier alpha value is -1.65. The van der Waals surface area contributed by atoms with Gasteiger partial charge in [0.05, 0.1) is 6.54 Å². The first kappa shape index (κ1) is 14.8. The minimum Gasteiger partial charge on any atom is -0.370 e. The molecular weight excluding hydrogens is 252 g/mol. The zero-order valence-electron chi connectivity index (χ0n) is 12.6. The standard InChI is InChI=1S/C15H24N4O/c1-4-6-12-8-15(20)19(9-12)10-14-17-11(3)7-13(18-14)16-5-2/h7,12H,4-6,8-10H2,1-3H3,(H,16,17,18). The van der Waals surface area contributed by atoms with Crippen LogP contribution in [-0.4, -0.2) is 33.9 Å². The summed E-state index contributed by atoms with van der Waals surface area (Å²) in [6, 6.07) is 1.93. The normalized spacial score (nSPS) is 18.6. The predicted octanol–water partition coefficient (Wildman–Crippen LogP) is 2.37. The number of nitrogens with one attached hydrogen (secondary N) is 1. The SMILES string of the molecule is CCCC1CC(=O)N(Cc2nc(C)cc(NCC)n2)C1. The molecule has 0 saturated carbocycles. The maximum Gasteiger partial charge on any atom is 0.223 e. The van der Waals surface area contributed by atoms with Gasteiger partial charge in [-0.1, -0.05) is 13.3 Å². The van der Waals surface area contributed by atoms with Crippen molar-refractivity contribution in [1.29, 1.82) is 0 Å². The molecule has 0 aromatic carbocycles. The van der Waals surface area contributed by atoms with Crippen LogP contribution < -0.4 is 5.32 Å². The molecule has 2 rings (SSSR count). The van der Waals surface area contributed by atoms with Crippen molar-refractivity contribution in [2.24, 2.45) is 5.92 Å². The highest BCUT2D eigenvalue weighted by Gasteiger charge is 2.29. The van der Waals surface area contributed by atoms with Crippen LogP contribution in [0.25, 0.3) is 0 Å². The minimum absolute atomic E-state index is 0.235. The van der Waals surface area contributed by atoms with Crippen LogP contribution in [0.2, 0.25) is 0 Å². The number of amides is 1. The zero-order chi connectivity index (χ0) is 14.5. The van der Waals surface area contributed by atoms with Gasteiger partial charge in [0, 0.05) is 31.3 Å². The number of aryl methyl sites for hydroxylation is 1.